The van der Waals surface area contributed by atoms with Gasteiger partial charge in [0, 0.05) is 6.54 Å². The van der Waals surface area contributed by atoms with Gasteiger partial charge in [0.05, 0.1) is 10.2 Å². The maximum Gasteiger partial charge on any atom is 0.181 e. The minimum Gasteiger partial charge on any atom is -0.375 e. The molecular weight excluding hydrogens is 278 g/mol. The van der Waals surface area contributed by atoms with E-state index in [1.807, 2.05) is 0 Å². The Morgan fingerprint density at radius 2 is 2.00 bits per heavy atom. The van der Waals surface area contributed by atoms with E-state index in [1.54, 1.807) is 11.3 Å². The van der Waals surface area contributed by atoms with E-state index in [2.05, 4.69) is 48.9 Å². The molecule has 0 spiro atoms. The number of hydrogen-bond acceptors (Lipinski definition) is 4. The van der Waals surface area contributed by atoms with Gasteiger partial charge in [-0.25, -0.2) is 4.98 Å². The molecule has 0 bridgehead atoms. The standard InChI is InChI=1S/C17H25N3S/c1-17(2,3)13-6-8-20(9-7-13)11-12-4-5-14-15(10-12)21-16(18)19-14/h4-5,10,13H,6-9,11H2,1-3H3,(H2,18,19). The highest BCUT2D eigenvalue weighted by Crippen LogP contribution is 2.34. The first-order chi connectivity index (χ1) is 9.91. The van der Waals surface area contributed by atoms with E-state index in [-0.39, 0.29) is 0 Å². The molecule has 1 saturated heterocycles. The van der Waals surface area contributed by atoms with Crippen LogP contribution in [-0.4, -0.2) is 23.0 Å². The molecule has 4 heteroatoms. The van der Waals surface area contributed by atoms with Crippen molar-refractivity contribution in [1.82, 2.24) is 9.88 Å². The molecule has 1 aliphatic rings. The van der Waals surface area contributed by atoms with E-state index < -0.39 is 0 Å². The van der Waals surface area contributed by atoms with Gasteiger partial charge in [-0.05, 0) is 55.0 Å². The van der Waals surface area contributed by atoms with Gasteiger partial charge in [0.25, 0.3) is 0 Å². The number of piperidine rings is 1. The number of aromatic nitrogens is 1. The first kappa shape index (κ1) is 14.8. The van der Waals surface area contributed by atoms with E-state index in [9.17, 15) is 0 Å². The molecule has 0 amide bonds. The zero-order valence-corrected chi connectivity index (χ0v) is 14.0. The number of nitrogens with two attached hydrogens (primary N) is 1. The highest BCUT2D eigenvalue weighted by Gasteiger charge is 2.28. The smallest absolute Gasteiger partial charge is 0.181 e. The molecule has 0 atom stereocenters. The Bertz CT molecular complexity index is 618. The summed E-state index contributed by atoms with van der Waals surface area (Å²) >= 11 is 1.58. The van der Waals surface area contributed by atoms with Crippen molar-refractivity contribution in [1.29, 1.82) is 0 Å². The minimum atomic E-state index is 0.450. The number of anilines is 1. The largest absolute Gasteiger partial charge is 0.375 e. The summed E-state index contributed by atoms with van der Waals surface area (Å²) in [6, 6.07) is 6.54. The van der Waals surface area contributed by atoms with E-state index in [1.165, 1.54) is 36.2 Å². The van der Waals surface area contributed by atoms with Crippen LogP contribution >= 0.6 is 11.3 Å². The Labute approximate surface area is 131 Å². The molecule has 3 rings (SSSR count). The van der Waals surface area contributed by atoms with Gasteiger partial charge in [0.15, 0.2) is 5.13 Å². The summed E-state index contributed by atoms with van der Waals surface area (Å²) in [5.41, 5.74) is 8.62. The Morgan fingerprint density at radius 3 is 2.67 bits per heavy atom. The molecule has 1 aromatic heterocycles. The zero-order valence-electron chi connectivity index (χ0n) is 13.2. The third kappa shape index (κ3) is 3.38. The second-order valence-corrected chi connectivity index (χ2v) is 8.33. The van der Waals surface area contributed by atoms with Crippen molar-refractivity contribution in [2.24, 2.45) is 11.3 Å². The monoisotopic (exact) mass is 303 g/mol. The van der Waals surface area contributed by atoms with Crippen molar-refractivity contribution in [2.75, 3.05) is 18.8 Å². The number of thiazole rings is 1. The first-order valence-electron chi connectivity index (χ1n) is 7.79. The molecule has 0 unspecified atom stereocenters. The van der Waals surface area contributed by atoms with Crippen molar-refractivity contribution in [3.05, 3.63) is 23.8 Å². The van der Waals surface area contributed by atoms with Crippen molar-refractivity contribution in [3.8, 4) is 0 Å². The summed E-state index contributed by atoms with van der Waals surface area (Å²) in [6.45, 7) is 10.6. The van der Waals surface area contributed by atoms with Crippen LogP contribution in [0.4, 0.5) is 5.13 Å². The van der Waals surface area contributed by atoms with Gasteiger partial charge in [-0.1, -0.05) is 38.2 Å². The summed E-state index contributed by atoms with van der Waals surface area (Å²) in [5, 5.41) is 0.660. The predicted octanol–water partition coefficient (Wildman–Crippen LogP) is 4.14. The molecule has 2 heterocycles. The van der Waals surface area contributed by atoms with Crippen LogP contribution < -0.4 is 5.73 Å². The Kier molecular flexibility index (Phi) is 3.93. The van der Waals surface area contributed by atoms with E-state index in [0.717, 1.165) is 18.0 Å². The molecule has 0 saturated carbocycles. The second-order valence-electron chi connectivity index (χ2n) is 7.27. The lowest BCUT2D eigenvalue weighted by molar-refractivity contribution is 0.108. The highest BCUT2D eigenvalue weighted by atomic mass is 32.1. The van der Waals surface area contributed by atoms with Crippen LogP contribution in [-0.2, 0) is 6.54 Å². The lowest BCUT2D eigenvalue weighted by Gasteiger charge is -2.38. The Hall–Kier alpha value is -1.13. The number of nitrogen functional groups attached to an aromatic ring is 1. The van der Waals surface area contributed by atoms with Crippen molar-refractivity contribution in [3.63, 3.8) is 0 Å². The molecule has 2 aromatic rings. The van der Waals surface area contributed by atoms with E-state index in [0.29, 0.717) is 10.5 Å². The van der Waals surface area contributed by atoms with Crippen LogP contribution in [0.15, 0.2) is 18.2 Å². The minimum absolute atomic E-state index is 0.450. The molecule has 2 N–H and O–H groups in total. The number of rotatable bonds is 2. The molecule has 0 radical (unpaired) electrons. The number of nitrogens with zero attached hydrogens (tertiary/aromatic N) is 2. The lowest BCUT2D eigenvalue weighted by Crippen LogP contribution is -2.37. The van der Waals surface area contributed by atoms with Gasteiger partial charge < -0.3 is 5.73 Å². The summed E-state index contributed by atoms with van der Waals surface area (Å²) in [5.74, 6) is 0.859. The van der Waals surface area contributed by atoms with E-state index in [4.69, 9.17) is 5.73 Å². The van der Waals surface area contributed by atoms with Crippen LogP contribution in [0, 0.1) is 11.3 Å². The maximum absolute atomic E-state index is 5.78. The SMILES string of the molecule is CC(C)(C)C1CCN(Cc2ccc3nc(N)sc3c2)CC1. The molecule has 114 valence electrons. The first-order valence-corrected chi connectivity index (χ1v) is 8.61. The zero-order chi connectivity index (χ0) is 15.0. The number of hydrogen-bond donors (Lipinski definition) is 1. The fraction of sp³-hybridized carbons (Fsp3) is 0.588. The number of benzene rings is 1. The van der Waals surface area contributed by atoms with Crippen LogP contribution in [0.5, 0.6) is 0 Å². The van der Waals surface area contributed by atoms with Crippen molar-refractivity contribution >= 4 is 26.7 Å². The third-order valence-corrected chi connectivity index (χ3v) is 5.54. The predicted molar refractivity (Wildman–Crippen MR) is 91.5 cm³/mol. The fourth-order valence-corrected chi connectivity index (χ4v) is 4.10. The van der Waals surface area contributed by atoms with Gasteiger partial charge >= 0.3 is 0 Å². The van der Waals surface area contributed by atoms with Crippen molar-refractivity contribution < 1.29 is 0 Å². The summed E-state index contributed by atoms with van der Waals surface area (Å²) < 4.78 is 1.20. The average molecular weight is 303 g/mol. The number of likely N-dealkylation sites (tertiary alicyclic amines) is 1. The van der Waals surface area contributed by atoms with Gasteiger partial charge in [-0.15, -0.1) is 0 Å². The van der Waals surface area contributed by atoms with Gasteiger partial charge in [0.2, 0.25) is 0 Å². The maximum atomic E-state index is 5.78. The quantitative estimate of drug-likeness (QED) is 0.906. The summed E-state index contributed by atoms with van der Waals surface area (Å²) in [7, 11) is 0. The van der Waals surface area contributed by atoms with Gasteiger partial charge in [-0.2, -0.15) is 0 Å². The Balaban J connectivity index is 1.64. The van der Waals surface area contributed by atoms with Crippen LogP contribution in [0.3, 0.4) is 0 Å². The molecule has 0 aliphatic carbocycles. The highest BCUT2D eigenvalue weighted by molar-refractivity contribution is 7.22. The van der Waals surface area contributed by atoms with Crippen LogP contribution in [0.1, 0.15) is 39.2 Å². The molecular formula is C17H25N3S. The molecule has 1 fully saturated rings. The van der Waals surface area contributed by atoms with Gasteiger partial charge in [0.1, 0.15) is 0 Å². The lowest BCUT2D eigenvalue weighted by atomic mass is 9.75. The molecule has 21 heavy (non-hydrogen) atoms. The van der Waals surface area contributed by atoms with Crippen LogP contribution in [0.25, 0.3) is 10.2 Å². The van der Waals surface area contributed by atoms with Crippen LogP contribution in [0.2, 0.25) is 0 Å². The third-order valence-electron chi connectivity index (χ3n) is 4.69. The Morgan fingerprint density at radius 1 is 1.29 bits per heavy atom. The summed E-state index contributed by atoms with van der Waals surface area (Å²) in [6.07, 6.45) is 2.64. The van der Waals surface area contributed by atoms with E-state index >= 15 is 0 Å². The normalized spacial score (nSPS) is 18.4. The second kappa shape index (κ2) is 5.58. The topological polar surface area (TPSA) is 42.2 Å². The average Bonchev–Trinajstić information content (AvgIpc) is 2.78. The molecule has 3 nitrogen and oxygen atoms in total. The number of fused-ring (bicyclic) bond motifs is 1. The van der Waals surface area contributed by atoms with Gasteiger partial charge in [-0.3, -0.25) is 4.90 Å². The molecule has 1 aromatic carbocycles. The fourth-order valence-electron chi connectivity index (χ4n) is 3.30. The van der Waals surface area contributed by atoms with Crippen molar-refractivity contribution in [2.45, 2.75) is 40.2 Å². The summed E-state index contributed by atoms with van der Waals surface area (Å²) in [4.78, 5) is 6.90. The molecule has 1 aliphatic heterocycles.